The van der Waals surface area contributed by atoms with E-state index in [2.05, 4.69) is 20.0 Å². The molecule has 0 radical (unpaired) electrons. The van der Waals surface area contributed by atoms with Crippen molar-refractivity contribution in [3.63, 3.8) is 0 Å². The molecule has 2 aliphatic rings. The number of primary amides is 1. The Kier molecular flexibility index (Phi) is 5.73. The summed E-state index contributed by atoms with van der Waals surface area (Å²) in [6.45, 7) is 0. The number of amides is 1. The molecule has 0 spiro atoms. The van der Waals surface area contributed by atoms with E-state index >= 15 is 0 Å². The quantitative estimate of drug-likeness (QED) is 0.301. The minimum atomic E-state index is -4.09. The molecule has 4 rings (SSSR count). The van der Waals surface area contributed by atoms with Gasteiger partial charge in [-0.1, -0.05) is 6.07 Å². The van der Waals surface area contributed by atoms with Gasteiger partial charge in [0.05, 0.1) is 21.9 Å². The average molecular weight is 485 g/mol. The van der Waals surface area contributed by atoms with Gasteiger partial charge in [0, 0.05) is 24.2 Å². The first-order valence-corrected chi connectivity index (χ1v) is 11.4. The SMILES string of the molecule is NC(=O)[C@H]1[C@@H]2C[C@@H]([C@H]1Nc1nc(Cl)ncc1F)[C@H](NS(=O)(=O)c1cccc([N+](=O)[O-])c1)C2. The molecule has 2 saturated carbocycles. The minimum absolute atomic E-state index is 0.199. The summed E-state index contributed by atoms with van der Waals surface area (Å²) in [6, 6.07) is 3.40. The zero-order valence-electron chi connectivity index (χ0n) is 16.3. The van der Waals surface area contributed by atoms with E-state index < -0.39 is 50.6 Å². The van der Waals surface area contributed by atoms with Crippen LogP contribution in [0.1, 0.15) is 12.8 Å². The lowest BCUT2D eigenvalue weighted by Crippen LogP contribution is -2.51. The molecule has 5 atom stereocenters. The molecule has 1 aromatic heterocycles. The summed E-state index contributed by atoms with van der Waals surface area (Å²) in [5.41, 5.74) is 5.21. The Morgan fingerprint density at radius 3 is 2.78 bits per heavy atom. The van der Waals surface area contributed by atoms with Crippen molar-refractivity contribution >= 4 is 39.0 Å². The number of carbonyl (C=O) groups is 1. The minimum Gasteiger partial charge on any atom is -0.369 e. The number of non-ortho nitro benzene ring substituents is 1. The lowest BCUT2D eigenvalue weighted by Gasteiger charge is -2.35. The third-order valence-corrected chi connectivity index (χ3v) is 7.67. The van der Waals surface area contributed by atoms with Gasteiger partial charge in [-0.15, -0.1) is 0 Å². The van der Waals surface area contributed by atoms with Crippen molar-refractivity contribution in [1.82, 2.24) is 14.7 Å². The van der Waals surface area contributed by atoms with Crippen molar-refractivity contribution in [2.45, 2.75) is 29.8 Å². The molecular formula is C18H18ClFN6O5S. The van der Waals surface area contributed by atoms with Crippen molar-refractivity contribution in [3.05, 3.63) is 51.7 Å². The van der Waals surface area contributed by atoms with Gasteiger partial charge in [0.1, 0.15) is 0 Å². The predicted molar refractivity (Wildman–Crippen MR) is 111 cm³/mol. The van der Waals surface area contributed by atoms with Gasteiger partial charge >= 0.3 is 0 Å². The molecule has 11 nitrogen and oxygen atoms in total. The van der Waals surface area contributed by atoms with Gasteiger partial charge < -0.3 is 11.1 Å². The molecular weight excluding hydrogens is 467 g/mol. The summed E-state index contributed by atoms with van der Waals surface area (Å²) in [4.78, 5) is 29.5. The van der Waals surface area contributed by atoms with E-state index in [1.165, 1.54) is 18.2 Å². The fraction of sp³-hybridized carbons (Fsp3) is 0.389. The van der Waals surface area contributed by atoms with Crippen LogP contribution in [0.5, 0.6) is 0 Å². The number of sulfonamides is 1. The maximum absolute atomic E-state index is 14.2. The molecule has 1 heterocycles. The summed E-state index contributed by atoms with van der Waals surface area (Å²) >= 11 is 5.74. The number of fused-ring (bicyclic) bond motifs is 2. The smallest absolute Gasteiger partial charge is 0.270 e. The van der Waals surface area contributed by atoms with Crippen molar-refractivity contribution in [2.75, 3.05) is 5.32 Å². The third kappa shape index (κ3) is 4.10. The molecule has 2 bridgehead atoms. The zero-order valence-corrected chi connectivity index (χ0v) is 17.9. The Balaban J connectivity index is 1.59. The van der Waals surface area contributed by atoms with Gasteiger partial charge in [-0.3, -0.25) is 14.9 Å². The van der Waals surface area contributed by atoms with Gasteiger partial charge in [-0.2, -0.15) is 4.98 Å². The number of halogens is 2. The molecule has 14 heteroatoms. The third-order valence-electron chi connectivity index (χ3n) is 6.00. The highest BCUT2D eigenvalue weighted by molar-refractivity contribution is 7.89. The summed E-state index contributed by atoms with van der Waals surface area (Å²) in [7, 11) is -4.09. The molecule has 2 aromatic rings. The van der Waals surface area contributed by atoms with Crippen LogP contribution in [-0.2, 0) is 14.8 Å². The van der Waals surface area contributed by atoms with Crippen LogP contribution >= 0.6 is 11.6 Å². The molecule has 0 unspecified atom stereocenters. The van der Waals surface area contributed by atoms with E-state index in [0.29, 0.717) is 12.8 Å². The molecule has 0 aliphatic heterocycles. The van der Waals surface area contributed by atoms with Crippen LogP contribution in [0.2, 0.25) is 5.28 Å². The Morgan fingerprint density at radius 1 is 1.34 bits per heavy atom. The summed E-state index contributed by atoms with van der Waals surface area (Å²) in [5, 5.41) is 13.6. The van der Waals surface area contributed by atoms with Gasteiger partial charge in [0.2, 0.25) is 21.2 Å². The molecule has 0 saturated heterocycles. The number of nitro benzene ring substituents is 1. The van der Waals surface area contributed by atoms with Crippen LogP contribution in [0.15, 0.2) is 35.4 Å². The fourth-order valence-corrected chi connectivity index (χ4v) is 6.21. The van der Waals surface area contributed by atoms with E-state index in [4.69, 9.17) is 17.3 Å². The lowest BCUT2D eigenvalue weighted by molar-refractivity contribution is -0.385. The molecule has 170 valence electrons. The number of hydrogen-bond donors (Lipinski definition) is 3. The number of carbonyl (C=O) groups excluding carboxylic acids is 1. The molecule has 1 amide bonds. The molecule has 32 heavy (non-hydrogen) atoms. The number of benzene rings is 1. The highest BCUT2D eigenvalue weighted by atomic mass is 35.5. The normalized spacial score (nSPS) is 26.8. The summed E-state index contributed by atoms with van der Waals surface area (Å²) in [5.74, 6) is -2.88. The Morgan fingerprint density at radius 2 is 2.09 bits per heavy atom. The Hall–Kier alpha value is -2.90. The zero-order chi connectivity index (χ0) is 23.2. The molecule has 2 aliphatic carbocycles. The highest BCUT2D eigenvalue weighted by Crippen LogP contribution is 2.50. The number of nitro groups is 1. The topological polar surface area (TPSA) is 170 Å². The van der Waals surface area contributed by atoms with Crippen LogP contribution in [0.25, 0.3) is 0 Å². The van der Waals surface area contributed by atoms with Crippen LogP contribution in [0, 0.1) is 33.7 Å². The number of nitrogens with two attached hydrogens (primary N) is 1. The van der Waals surface area contributed by atoms with Crippen LogP contribution in [-0.4, -0.2) is 41.3 Å². The van der Waals surface area contributed by atoms with Gasteiger partial charge in [0.25, 0.3) is 5.69 Å². The van der Waals surface area contributed by atoms with Gasteiger partial charge in [0.15, 0.2) is 11.6 Å². The van der Waals surface area contributed by atoms with E-state index in [1.807, 2.05) is 0 Å². The van der Waals surface area contributed by atoms with Crippen molar-refractivity contribution in [3.8, 4) is 0 Å². The van der Waals surface area contributed by atoms with Crippen molar-refractivity contribution in [1.29, 1.82) is 0 Å². The molecule has 2 fully saturated rings. The van der Waals surface area contributed by atoms with Gasteiger partial charge in [-0.05, 0) is 42.3 Å². The van der Waals surface area contributed by atoms with E-state index in [1.54, 1.807) is 0 Å². The second-order valence-electron chi connectivity index (χ2n) is 7.81. The van der Waals surface area contributed by atoms with Crippen molar-refractivity contribution < 1.29 is 22.5 Å². The van der Waals surface area contributed by atoms with E-state index in [9.17, 15) is 27.7 Å². The lowest BCUT2D eigenvalue weighted by atomic mass is 9.81. The standard InChI is InChI=1S/C18H18ClFN6O5S/c19-18-22-7-12(20)17(24-18)23-15-11-4-8(14(15)16(21)27)5-13(11)25-32(30,31)10-3-1-2-9(6-10)26(28)29/h1-3,6-8,11,13-15,25H,4-5H2,(H2,21,27)(H,22,23,24)/t8-,11-,13-,14+,15-/m1/s1. The first kappa shape index (κ1) is 22.3. The first-order valence-electron chi connectivity index (χ1n) is 9.57. The number of nitrogens with one attached hydrogen (secondary N) is 2. The number of aromatic nitrogens is 2. The second kappa shape index (κ2) is 8.22. The molecule has 4 N–H and O–H groups in total. The maximum Gasteiger partial charge on any atom is 0.270 e. The summed E-state index contributed by atoms with van der Waals surface area (Å²) < 4.78 is 42.5. The van der Waals surface area contributed by atoms with E-state index in [-0.39, 0.29) is 27.6 Å². The summed E-state index contributed by atoms with van der Waals surface area (Å²) in [6.07, 6.45) is 1.71. The van der Waals surface area contributed by atoms with Crippen LogP contribution < -0.4 is 15.8 Å². The largest absolute Gasteiger partial charge is 0.369 e. The average Bonchev–Trinajstić information content (AvgIpc) is 3.28. The number of hydrogen-bond acceptors (Lipinski definition) is 8. The van der Waals surface area contributed by atoms with E-state index in [0.717, 1.165) is 12.3 Å². The first-order chi connectivity index (χ1) is 15.1. The van der Waals surface area contributed by atoms with Crippen molar-refractivity contribution in [2.24, 2.45) is 23.5 Å². The number of nitrogens with zero attached hydrogens (tertiary/aromatic N) is 3. The monoisotopic (exact) mass is 484 g/mol. The van der Waals surface area contributed by atoms with Gasteiger partial charge in [-0.25, -0.2) is 22.5 Å². The second-order valence-corrected chi connectivity index (χ2v) is 9.86. The van der Waals surface area contributed by atoms with Crippen LogP contribution in [0.4, 0.5) is 15.9 Å². The highest BCUT2D eigenvalue weighted by Gasteiger charge is 2.56. The fourth-order valence-electron chi connectivity index (χ4n) is 4.74. The Labute approximate surface area is 186 Å². The molecule has 1 aromatic carbocycles. The predicted octanol–water partition coefficient (Wildman–Crippen LogP) is 1.45. The Bertz CT molecular complexity index is 1200. The van der Waals surface area contributed by atoms with Crippen LogP contribution in [0.3, 0.4) is 0 Å². The maximum atomic E-state index is 14.2. The number of rotatable bonds is 7. The number of anilines is 1.